The molecule has 2 heterocycles. The van der Waals surface area contributed by atoms with Gasteiger partial charge in [0.05, 0.1) is 7.11 Å². The maximum absolute atomic E-state index is 12.0. The molecule has 2 rings (SSSR count). The van der Waals surface area contributed by atoms with E-state index in [1.807, 2.05) is 4.90 Å². The number of carbonyl (C=O) groups is 1. The Balaban J connectivity index is 2.33. The molecule has 110 valence electrons. The topological polar surface area (TPSA) is 118 Å². The molecular weight excluding hydrogens is 262 g/mol. The maximum atomic E-state index is 12.0. The van der Waals surface area contributed by atoms with E-state index in [0.29, 0.717) is 12.5 Å². The van der Waals surface area contributed by atoms with Crippen LogP contribution in [0.25, 0.3) is 0 Å². The van der Waals surface area contributed by atoms with Crippen molar-refractivity contribution in [1.82, 2.24) is 20.3 Å². The Bertz CT molecular complexity index is 460. The summed E-state index contributed by atoms with van der Waals surface area (Å²) in [5.41, 5.74) is 2.37. The van der Waals surface area contributed by atoms with E-state index in [9.17, 15) is 4.79 Å². The van der Waals surface area contributed by atoms with Crippen LogP contribution in [0.5, 0.6) is 6.01 Å². The number of carbonyl (C=O) groups excluding carboxylic acids is 1. The smallest absolute Gasteiger partial charge is 0.322 e. The molecule has 0 radical (unpaired) electrons. The molecule has 1 aromatic heterocycles. The number of rotatable bonds is 4. The normalized spacial score (nSPS) is 18.6. The first kappa shape index (κ1) is 14.3. The molecule has 4 N–H and O–H groups in total. The van der Waals surface area contributed by atoms with Crippen LogP contribution >= 0.6 is 0 Å². The van der Waals surface area contributed by atoms with Crippen molar-refractivity contribution >= 4 is 17.8 Å². The van der Waals surface area contributed by atoms with Crippen LogP contribution < -0.4 is 26.2 Å². The zero-order valence-corrected chi connectivity index (χ0v) is 11.6. The van der Waals surface area contributed by atoms with Crippen molar-refractivity contribution in [2.45, 2.75) is 25.3 Å². The minimum atomic E-state index is -0.286. The SMILES string of the molecule is CNC(=O)C1CCCCN1c1nc(NN)nc(OC)n1. The highest BCUT2D eigenvalue weighted by Crippen LogP contribution is 2.23. The molecule has 1 aromatic rings. The van der Waals surface area contributed by atoms with Gasteiger partial charge in [-0.3, -0.25) is 10.2 Å². The molecule has 1 saturated heterocycles. The molecule has 1 aliphatic heterocycles. The first-order valence-electron chi connectivity index (χ1n) is 6.44. The molecule has 0 aliphatic carbocycles. The van der Waals surface area contributed by atoms with Gasteiger partial charge in [0.1, 0.15) is 6.04 Å². The number of hydrazine groups is 1. The Morgan fingerprint density at radius 2 is 2.20 bits per heavy atom. The van der Waals surface area contributed by atoms with E-state index in [2.05, 4.69) is 25.7 Å². The summed E-state index contributed by atoms with van der Waals surface area (Å²) in [4.78, 5) is 26.2. The van der Waals surface area contributed by atoms with Crippen LogP contribution in [-0.2, 0) is 4.79 Å². The first-order chi connectivity index (χ1) is 9.69. The van der Waals surface area contributed by atoms with Crippen LogP contribution in [0.1, 0.15) is 19.3 Å². The lowest BCUT2D eigenvalue weighted by atomic mass is 10.0. The number of methoxy groups -OCH3 is 1. The first-order valence-corrected chi connectivity index (χ1v) is 6.44. The molecule has 1 amide bonds. The minimum Gasteiger partial charge on any atom is -0.467 e. The molecule has 0 bridgehead atoms. The molecule has 1 fully saturated rings. The summed E-state index contributed by atoms with van der Waals surface area (Å²) >= 11 is 0. The Labute approximate surface area is 116 Å². The lowest BCUT2D eigenvalue weighted by molar-refractivity contribution is -0.122. The largest absolute Gasteiger partial charge is 0.467 e. The van der Waals surface area contributed by atoms with Gasteiger partial charge < -0.3 is 15.0 Å². The second-order valence-corrected chi connectivity index (χ2v) is 4.41. The molecule has 1 unspecified atom stereocenters. The van der Waals surface area contributed by atoms with Gasteiger partial charge in [0.25, 0.3) is 0 Å². The van der Waals surface area contributed by atoms with Gasteiger partial charge in [0.2, 0.25) is 17.8 Å². The monoisotopic (exact) mass is 281 g/mol. The summed E-state index contributed by atoms with van der Waals surface area (Å²) in [6.07, 6.45) is 2.74. The zero-order valence-electron chi connectivity index (χ0n) is 11.6. The number of nitrogens with one attached hydrogen (secondary N) is 2. The average Bonchev–Trinajstić information content (AvgIpc) is 2.53. The van der Waals surface area contributed by atoms with E-state index in [4.69, 9.17) is 10.6 Å². The second kappa shape index (κ2) is 6.33. The van der Waals surface area contributed by atoms with Crippen LogP contribution in [0.15, 0.2) is 0 Å². The summed E-state index contributed by atoms with van der Waals surface area (Å²) in [6.45, 7) is 0.704. The summed E-state index contributed by atoms with van der Waals surface area (Å²) in [7, 11) is 3.09. The fourth-order valence-corrected chi connectivity index (χ4v) is 2.24. The molecular formula is C11H19N7O2. The van der Waals surface area contributed by atoms with Crippen molar-refractivity contribution in [3.8, 4) is 6.01 Å². The van der Waals surface area contributed by atoms with Gasteiger partial charge in [-0.25, -0.2) is 5.84 Å². The minimum absolute atomic E-state index is 0.0497. The molecule has 0 aromatic carbocycles. The Hall–Kier alpha value is -2.16. The zero-order chi connectivity index (χ0) is 14.5. The van der Waals surface area contributed by atoms with Crippen molar-refractivity contribution in [3.05, 3.63) is 0 Å². The second-order valence-electron chi connectivity index (χ2n) is 4.41. The highest BCUT2D eigenvalue weighted by Gasteiger charge is 2.30. The number of hydrogen-bond acceptors (Lipinski definition) is 8. The van der Waals surface area contributed by atoms with E-state index in [0.717, 1.165) is 19.3 Å². The lowest BCUT2D eigenvalue weighted by Gasteiger charge is -2.34. The Kier molecular flexibility index (Phi) is 4.51. The van der Waals surface area contributed by atoms with Gasteiger partial charge in [-0.15, -0.1) is 0 Å². The van der Waals surface area contributed by atoms with Crippen molar-refractivity contribution in [2.24, 2.45) is 5.84 Å². The van der Waals surface area contributed by atoms with Crippen LogP contribution in [0.3, 0.4) is 0 Å². The highest BCUT2D eigenvalue weighted by molar-refractivity contribution is 5.84. The van der Waals surface area contributed by atoms with Gasteiger partial charge >= 0.3 is 6.01 Å². The number of piperidine rings is 1. The fraction of sp³-hybridized carbons (Fsp3) is 0.636. The number of hydrogen-bond donors (Lipinski definition) is 3. The van der Waals surface area contributed by atoms with E-state index in [1.165, 1.54) is 7.11 Å². The quantitative estimate of drug-likeness (QED) is 0.488. The van der Waals surface area contributed by atoms with E-state index in [-0.39, 0.29) is 23.9 Å². The maximum Gasteiger partial charge on any atom is 0.322 e. The summed E-state index contributed by atoms with van der Waals surface area (Å²) < 4.78 is 5.03. The number of likely N-dealkylation sites (N-methyl/N-ethyl adjacent to an activating group) is 1. The number of nitrogen functional groups attached to an aromatic ring is 1. The molecule has 1 atom stereocenters. The van der Waals surface area contributed by atoms with Gasteiger partial charge in [0.15, 0.2) is 0 Å². The number of ether oxygens (including phenoxy) is 1. The third-order valence-corrected chi connectivity index (χ3v) is 3.22. The molecule has 9 heteroatoms. The summed E-state index contributed by atoms with van der Waals surface area (Å²) in [5, 5.41) is 2.67. The Morgan fingerprint density at radius 1 is 1.40 bits per heavy atom. The van der Waals surface area contributed by atoms with Gasteiger partial charge in [-0.1, -0.05) is 0 Å². The Morgan fingerprint density at radius 3 is 2.85 bits per heavy atom. The number of anilines is 2. The van der Waals surface area contributed by atoms with Gasteiger partial charge in [0, 0.05) is 13.6 Å². The van der Waals surface area contributed by atoms with E-state index >= 15 is 0 Å². The lowest BCUT2D eigenvalue weighted by Crippen LogP contribution is -2.49. The summed E-state index contributed by atoms with van der Waals surface area (Å²) in [6, 6.07) is -0.129. The average molecular weight is 281 g/mol. The third-order valence-electron chi connectivity index (χ3n) is 3.22. The van der Waals surface area contributed by atoms with Crippen LogP contribution in [0.4, 0.5) is 11.9 Å². The molecule has 9 nitrogen and oxygen atoms in total. The fourth-order valence-electron chi connectivity index (χ4n) is 2.24. The van der Waals surface area contributed by atoms with Gasteiger partial charge in [-0.2, -0.15) is 15.0 Å². The number of nitrogens with zero attached hydrogens (tertiary/aromatic N) is 4. The van der Waals surface area contributed by atoms with Crippen LogP contribution in [0, 0.1) is 0 Å². The van der Waals surface area contributed by atoms with Crippen molar-refractivity contribution < 1.29 is 9.53 Å². The van der Waals surface area contributed by atoms with Crippen LogP contribution in [0.2, 0.25) is 0 Å². The standard InChI is InChI=1S/C11H19N7O2/c1-13-8(19)7-5-3-4-6-18(7)10-14-9(17-12)15-11(16-10)20-2/h7H,3-6,12H2,1-2H3,(H,13,19)(H,14,15,16,17). The number of aromatic nitrogens is 3. The molecule has 20 heavy (non-hydrogen) atoms. The van der Waals surface area contributed by atoms with E-state index in [1.54, 1.807) is 7.05 Å². The third kappa shape index (κ3) is 2.87. The van der Waals surface area contributed by atoms with Crippen molar-refractivity contribution in [3.63, 3.8) is 0 Å². The number of nitrogens with two attached hydrogens (primary N) is 1. The predicted molar refractivity (Wildman–Crippen MR) is 73.2 cm³/mol. The number of amides is 1. The van der Waals surface area contributed by atoms with Crippen LogP contribution in [-0.4, -0.2) is 47.6 Å². The molecule has 1 aliphatic rings. The van der Waals surface area contributed by atoms with Gasteiger partial charge in [-0.05, 0) is 19.3 Å². The van der Waals surface area contributed by atoms with E-state index < -0.39 is 0 Å². The predicted octanol–water partition coefficient (Wildman–Crippen LogP) is -0.729. The molecule has 0 spiro atoms. The highest BCUT2D eigenvalue weighted by atomic mass is 16.5. The van der Waals surface area contributed by atoms with Crippen molar-refractivity contribution in [1.29, 1.82) is 0 Å². The van der Waals surface area contributed by atoms with Crippen molar-refractivity contribution in [2.75, 3.05) is 31.0 Å². The summed E-state index contributed by atoms with van der Waals surface area (Å²) in [5.74, 6) is 5.88. The molecule has 0 saturated carbocycles.